The second kappa shape index (κ2) is 10.9. The van der Waals surface area contributed by atoms with Crippen LogP contribution in [-0.2, 0) is 11.2 Å². The molecule has 158 valence electrons. The molecule has 0 spiro atoms. The third-order valence-corrected chi connectivity index (χ3v) is 5.66. The normalized spacial score (nSPS) is 11.5. The number of anilines is 2. The number of nitrogens with zero attached hydrogens (tertiary/aromatic N) is 3. The van der Waals surface area contributed by atoms with E-state index < -0.39 is 27.7 Å². The van der Waals surface area contributed by atoms with Crippen LogP contribution < -0.4 is 32.5 Å². The van der Waals surface area contributed by atoms with Crippen LogP contribution in [0.1, 0.15) is 17.7 Å². The molecular formula is C18H14Br2FIN5O3-. The summed E-state index contributed by atoms with van der Waals surface area (Å²) in [6.45, 7) is 0. The van der Waals surface area contributed by atoms with E-state index in [1.807, 2.05) is 24.3 Å². The molecule has 1 amide bonds. The number of carbonyl (C=O) groups excluding carboxylic acids is 1. The fraction of sp³-hybridized carbons (Fsp3) is 0.111. The van der Waals surface area contributed by atoms with Gasteiger partial charge in [-0.2, -0.15) is 0 Å². The van der Waals surface area contributed by atoms with Gasteiger partial charge in [-0.05, 0) is 0 Å². The van der Waals surface area contributed by atoms with Crippen LogP contribution in [0.2, 0.25) is 0 Å². The van der Waals surface area contributed by atoms with Crippen molar-refractivity contribution in [1.29, 1.82) is 0 Å². The van der Waals surface area contributed by atoms with Crippen LogP contribution in [0.15, 0.2) is 59.2 Å². The van der Waals surface area contributed by atoms with Gasteiger partial charge < -0.3 is 0 Å². The molecule has 0 aliphatic carbocycles. The van der Waals surface area contributed by atoms with Crippen LogP contribution >= 0.6 is 31.9 Å². The zero-order chi connectivity index (χ0) is 21.5. The molecule has 12 heteroatoms. The number of halogens is 4. The van der Waals surface area contributed by atoms with E-state index in [0.717, 1.165) is 10.0 Å². The molecule has 8 nitrogen and oxygen atoms in total. The Morgan fingerprint density at radius 2 is 1.93 bits per heavy atom. The second-order valence-corrected chi connectivity index (χ2v) is 8.58. The first-order valence-corrected chi connectivity index (χ1v) is 11.9. The molecule has 3 rings (SSSR count). The Kier molecular flexibility index (Phi) is 8.30. The van der Waals surface area contributed by atoms with Gasteiger partial charge in [0.15, 0.2) is 0 Å². The molecule has 0 bridgehead atoms. The van der Waals surface area contributed by atoms with Gasteiger partial charge in [0.2, 0.25) is 0 Å². The fourth-order valence-electron chi connectivity index (χ4n) is 2.40. The molecule has 2 aromatic carbocycles. The summed E-state index contributed by atoms with van der Waals surface area (Å²) in [4.78, 5) is 12.3. The van der Waals surface area contributed by atoms with E-state index >= 15 is 0 Å². The van der Waals surface area contributed by atoms with Crippen molar-refractivity contribution in [2.75, 3.05) is 10.6 Å². The summed E-state index contributed by atoms with van der Waals surface area (Å²) >= 11 is 4.97. The topological polar surface area (TPSA) is 113 Å². The molecule has 0 fully saturated rings. The molecule has 0 radical (unpaired) electrons. The van der Waals surface area contributed by atoms with E-state index in [9.17, 15) is 12.6 Å². The number of amides is 1. The zero-order valence-corrected chi connectivity index (χ0v) is 20.4. The van der Waals surface area contributed by atoms with Gasteiger partial charge in [-0.25, -0.2) is 0 Å². The molecule has 0 saturated carbocycles. The Balaban J connectivity index is 1.69. The Morgan fingerprint density at radius 1 is 1.17 bits per heavy atom. The first-order chi connectivity index (χ1) is 14.5. The summed E-state index contributed by atoms with van der Waals surface area (Å²) in [7, 11) is 0. The van der Waals surface area contributed by atoms with Crippen molar-refractivity contribution in [1.82, 2.24) is 10.3 Å². The minimum atomic E-state index is -1.51. The maximum absolute atomic E-state index is 13.5. The molecule has 1 heterocycles. The van der Waals surface area contributed by atoms with Crippen LogP contribution in [0.5, 0.6) is 0 Å². The Hall–Kier alpha value is -1.90. The van der Waals surface area contributed by atoms with Crippen LogP contribution in [0.4, 0.5) is 15.9 Å². The zero-order valence-electron chi connectivity index (χ0n) is 15.1. The summed E-state index contributed by atoms with van der Waals surface area (Å²) in [6, 6.07) is 12.0. The van der Waals surface area contributed by atoms with E-state index in [1.165, 1.54) is 18.2 Å². The molecule has 30 heavy (non-hydrogen) atoms. The van der Waals surface area contributed by atoms with Gasteiger partial charge in [0.05, 0.1) is 0 Å². The van der Waals surface area contributed by atoms with E-state index in [4.69, 9.17) is 4.63 Å². The summed E-state index contributed by atoms with van der Waals surface area (Å²) in [6.07, 6.45) is 0.774. The quantitative estimate of drug-likeness (QED) is 0.200. The van der Waals surface area contributed by atoms with Crippen molar-refractivity contribution in [2.45, 2.75) is 12.8 Å². The van der Waals surface area contributed by atoms with E-state index in [2.05, 4.69) is 56.0 Å². The number of aromatic nitrogens is 2. The van der Waals surface area contributed by atoms with Gasteiger partial charge in [0.1, 0.15) is 0 Å². The number of amidine groups is 1. The van der Waals surface area contributed by atoms with Crippen LogP contribution in [-0.4, -0.2) is 25.5 Å². The number of benzene rings is 2. The average Bonchev–Trinajstić information content (AvgIpc) is 3.18. The maximum atomic E-state index is 13.5. The van der Waals surface area contributed by atoms with Gasteiger partial charge in [0, 0.05) is 0 Å². The Bertz CT molecular complexity index is 1060. The van der Waals surface area contributed by atoms with Crippen molar-refractivity contribution < 1.29 is 39.1 Å². The number of rotatable bonds is 7. The molecule has 0 saturated heterocycles. The third kappa shape index (κ3) is 6.30. The predicted octanol–water partition coefficient (Wildman–Crippen LogP) is 1.07. The molecular weight excluding hydrogens is 640 g/mol. The van der Waals surface area contributed by atoms with Gasteiger partial charge in [-0.3, -0.25) is 0 Å². The fourth-order valence-corrected chi connectivity index (χ4v) is 3.61. The van der Waals surface area contributed by atoms with Gasteiger partial charge in [-0.15, -0.1) is 0 Å². The molecule has 3 N–H and O–H groups in total. The van der Waals surface area contributed by atoms with Crippen molar-refractivity contribution in [2.24, 2.45) is 3.21 Å². The standard InChI is InChI=1S/C18H14Br2FIN5O3/c19-11-4-1-10(2-5-11)3-8-15(28)24-18-16(26-30-27-18)17(25-22-29)23-12-6-7-14(21)13(20)9-12/h1-2,4-7,9,29H,3,8H2,(H,23,25)(H,24,27,28)/q-1. The summed E-state index contributed by atoms with van der Waals surface area (Å²) in [5.41, 5.74) is 1.64. The molecule has 0 aliphatic heterocycles. The first kappa shape index (κ1) is 22.8. The summed E-state index contributed by atoms with van der Waals surface area (Å²) in [5.74, 6) is -0.484. The monoisotopic (exact) mass is 652 g/mol. The van der Waals surface area contributed by atoms with E-state index in [0.29, 0.717) is 12.1 Å². The van der Waals surface area contributed by atoms with E-state index in [-0.39, 0.29) is 34.1 Å². The van der Waals surface area contributed by atoms with Crippen molar-refractivity contribution in [3.63, 3.8) is 0 Å². The number of hydrogen-bond donors (Lipinski definition) is 3. The van der Waals surface area contributed by atoms with Crippen LogP contribution in [0.3, 0.4) is 0 Å². The van der Waals surface area contributed by atoms with E-state index in [1.54, 1.807) is 0 Å². The van der Waals surface area contributed by atoms with Crippen molar-refractivity contribution in [3.8, 4) is 0 Å². The number of hydrogen-bond acceptors (Lipinski definition) is 6. The first-order valence-electron chi connectivity index (χ1n) is 8.41. The van der Waals surface area contributed by atoms with Crippen LogP contribution in [0.25, 0.3) is 0 Å². The predicted molar refractivity (Wildman–Crippen MR) is 112 cm³/mol. The Labute approximate surface area is 198 Å². The second-order valence-electron chi connectivity index (χ2n) is 5.90. The molecule has 0 atom stereocenters. The third-order valence-electron chi connectivity index (χ3n) is 3.83. The van der Waals surface area contributed by atoms with Crippen molar-refractivity contribution in [3.05, 3.63) is 68.5 Å². The SMILES string of the molecule is O=C(CCc1ccc(Br)cc1)Nc1nonc1C(=N[I-]O)Nc1ccc(F)c(Br)c1. The van der Waals surface area contributed by atoms with Gasteiger partial charge >= 0.3 is 184 Å². The number of nitrogens with one attached hydrogen (secondary N) is 2. The number of aryl methyl sites for hydroxylation is 1. The minimum absolute atomic E-state index is 0.0701. The summed E-state index contributed by atoms with van der Waals surface area (Å²) in [5, 5.41) is 13.1. The molecule has 0 unspecified atom stereocenters. The molecule has 1 aromatic heterocycles. The Morgan fingerprint density at radius 3 is 2.63 bits per heavy atom. The van der Waals surface area contributed by atoms with Crippen LogP contribution in [0, 0.1) is 5.82 Å². The van der Waals surface area contributed by atoms with Gasteiger partial charge in [0.25, 0.3) is 0 Å². The molecule has 3 aromatic rings. The van der Waals surface area contributed by atoms with Gasteiger partial charge in [-0.1, -0.05) is 15.9 Å². The summed E-state index contributed by atoms with van der Waals surface area (Å²) < 4.78 is 32.8. The average molecular weight is 654 g/mol. The number of carbonyl (C=O) groups is 1. The molecule has 0 aliphatic rings. The van der Waals surface area contributed by atoms with Crippen molar-refractivity contribution >= 4 is 55.1 Å².